The predicted octanol–water partition coefficient (Wildman–Crippen LogP) is 2.07. The van der Waals surface area contributed by atoms with Crippen molar-refractivity contribution in [2.45, 2.75) is 20.0 Å². The summed E-state index contributed by atoms with van der Waals surface area (Å²) in [6.07, 6.45) is 6.18. The number of benzene rings is 1. The van der Waals surface area contributed by atoms with Gasteiger partial charge in [0.25, 0.3) is 0 Å². The van der Waals surface area contributed by atoms with Gasteiger partial charge in [0, 0.05) is 6.20 Å². The average Bonchev–Trinajstić information content (AvgIpc) is 2.80. The Morgan fingerprint density at radius 2 is 1.93 bits per heavy atom. The molecule has 0 aliphatic carbocycles. The third-order valence-electron chi connectivity index (χ3n) is 2.29. The van der Waals surface area contributed by atoms with Crippen molar-refractivity contribution in [1.29, 1.82) is 0 Å². The van der Waals surface area contributed by atoms with Gasteiger partial charge in [-0.1, -0.05) is 31.2 Å². The second-order valence-corrected chi connectivity index (χ2v) is 3.37. The van der Waals surface area contributed by atoms with E-state index in [2.05, 4.69) is 36.2 Å². The van der Waals surface area contributed by atoms with E-state index >= 15 is 0 Å². The molecule has 0 radical (unpaired) electrons. The van der Waals surface area contributed by atoms with Gasteiger partial charge in [0.15, 0.2) is 0 Å². The number of nitrogens with zero attached hydrogens (tertiary/aromatic N) is 2. The van der Waals surface area contributed by atoms with Crippen LogP contribution in [0.1, 0.15) is 18.1 Å². The molecule has 0 unspecified atom stereocenters. The van der Waals surface area contributed by atoms with Crippen molar-refractivity contribution in [3.63, 3.8) is 0 Å². The molecule has 1 aromatic carbocycles. The average molecular weight is 202 g/mol. The predicted molar refractivity (Wildman–Crippen MR) is 58.3 cm³/mol. The molecule has 78 valence electrons. The molecule has 0 saturated heterocycles. The third-order valence-corrected chi connectivity index (χ3v) is 2.29. The zero-order valence-corrected chi connectivity index (χ0v) is 8.76. The van der Waals surface area contributed by atoms with Crippen LogP contribution in [0.25, 0.3) is 0 Å². The summed E-state index contributed by atoms with van der Waals surface area (Å²) >= 11 is 0. The molecule has 15 heavy (non-hydrogen) atoms. The van der Waals surface area contributed by atoms with Gasteiger partial charge in [0.05, 0.1) is 6.20 Å². The zero-order valence-electron chi connectivity index (χ0n) is 8.76. The van der Waals surface area contributed by atoms with E-state index in [0.717, 1.165) is 6.42 Å². The third kappa shape index (κ3) is 2.59. The number of hydrogen-bond acceptors (Lipinski definition) is 2. The maximum absolute atomic E-state index is 5.46. The Balaban J connectivity index is 1.93. The Morgan fingerprint density at radius 1 is 1.20 bits per heavy atom. The van der Waals surface area contributed by atoms with E-state index in [9.17, 15) is 0 Å². The Labute approximate surface area is 89.3 Å². The maximum Gasteiger partial charge on any atom is 0.140 e. The molecule has 3 nitrogen and oxygen atoms in total. The summed E-state index contributed by atoms with van der Waals surface area (Å²) < 4.78 is 1.60. The molecule has 0 fully saturated rings. The van der Waals surface area contributed by atoms with Gasteiger partial charge < -0.3 is 4.84 Å². The second kappa shape index (κ2) is 4.64. The standard InChI is InChI=1S/C12H14N2O/c1-2-11-3-5-12(6-4-11)9-15-14-8-7-13-10-14/h3-8,10H,2,9H2,1H3. The van der Waals surface area contributed by atoms with Crippen molar-refractivity contribution in [3.8, 4) is 0 Å². The minimum atomic E-state index is 0.570. The van der Waals surface area contributed by atoms with Gasteiger partial charge in [-0.2, -0.15) is 4.73 Å². The highest BCUT2D eigenvalue weighted by Gasteiger charge is 1.94. The highest BCUT2D eigenvalue weighted by Crippen LogP contribution is 2.05. The van der Waals surface area contributed by atoms with E-state index in [1.54, 1.807) is 23.5 Å². The van der Waals surface area contributed by atoms with Crippen molar-refractivity contribution >= 4 is 0 Å². The lowest BCUT2D eigenvalue weighted by atomic mass is 10.1. The van der Waals surface area contributed by atoms with Crippen LogP contribution >= 0.6 is 0 Å². The van der Waals surface area contributed by atoms with Crippen LogP contribution in [0, 0.1) is 0 Å². The monoisotopic (exact) mass is 202 g/mol. The van der Waals surface area contributed by atoms with E-state index < -0.39 is 0 Å². The van der Waals surface area contributed by atoms with Crippen molar-refractivity contribution < 1.29 is 4.84 Å². The molecule has 1 aromatic heterocycles. The summed E-state index contributed by atoms with van der Waals surface area (Å²) in [5.74, 6) is 0. The first-order valence-electron chi connectivity index (χ1n) is 5.07. The first-order valence-corrected chi connectivity index (χ1v) is 5.07. The summed E-state index contributed by atoms with van der Waals surface area (Å²) in [4.78, 5) is 9.36. The minimum Gasteiger partial charge on any atom is -0.408 e. The molecule has 0 bridgehead atoms. The van der Waals surface area contributed by atoms with Gasteiger partial charge in [0.1, 0.15) is 12.9 Å². The highest BCUT2D eigenvalue weighted by atomic mass is 16.7. The van der Waals surface area contributed by atoms with Gasteiger partial charge in [-0.05, 0) is 17.5 Å². The van der Waals surface area contributed by atoms with Crippen LogP contribution in [-0.2, 0) is 13.0 Å². The smallest absolute Gasteiger partial charge is 0.140 e. The molecule has 3 heteroatoms. The lowest BCUT2D eigenvalue weighted by molar-refractivity contribution is 0.0969. The van der Waals surface area contributed by atoms with Crippen LogP contribution in [0.2, 0.25) is 0 Å². The fourth-order valence-electron chi connectivity index (χ4n) is 1.34. The van der Waals surface area contributed by atoms with E-state index in [0.29, 0.717) is 6.61 Å². The highest BCUT2D eigenvalue weighted by molar-refractivity contribution is 5.21. The molecular formula is C12H14N2O. The lowest BCUT2D eigenvalue weighted by Crippen LogP contribution is -2.08. The van der Waals surface area contributed by atoms with Crippen LogP contribution in [0.3, 0.4) is 0 Å². The van der Waals surface area contributed by atoms with Gasteiger partial charge >= 0.3 is 0 Å². The van der Waals surface area contributed by atoms with E-state index in [1.807, 2.05) is 0 Å². The molecule has 0 atom stereocenters. The molecule has 2 rings (SSSR count). The Morgan fingerprint density at radius 3 is 2.53 bits per heavy atom. The first kappa shape index (κ1) is 9.77. The zero-order chi connectivity index (χ0) is 10.5. The van der Waals surface area contributed by atoms with Gasteiger partial charge in [0.2, 0.25) is 0 Å². The molecule has 0 amide bonds. The molecular weight excluding hydrogens is 188 g/mol. The topological polar surface area (TPSA) is 27.1 Å². The van der Waals surface area contributed by atoms with Crippen LogP contribution < -0.4 is 4.84 Å². The van der Waals surface area contributed by atoms with Gasteiger partial charge in [-0.3, -0.25) is 0 Å². The summed E-state index contributed by atoms with van der Waals surface area (Å²) in [5, 5.41) is 0. The molecule has 0 aliphatic heterocycles. The van der Waals surface area contributed by atoms with Crippen LogP contribution in [0.4, 0.5) is 0 Å². The van der Waals surface area contributed by atoms with E-state index in [1.165, 1.54) is 11.1 Å². The van der Waals surface area contributed by atoms with Crippen molar-refractivity contribution in [2.75, 3.05) is 0 Å². The van der Waals surface area contributed by atoms with Gasteiger partial charge in [-0.25, -0.2) is 4.98 Å². The molecule has 1 heterocycles. The normalized spacial score (nSPS) is 10.2. The van der Waals surface area contributed by atoms with E-state index in [-0.39, 0.29) is 0 Å². The number of imidazole rings is 1. The quantitative estimate of drug-likeness (QED) is 0.759. The number of aryl methyl sites for hydroxylation is 1. The Bertz CT molecular complexity index is 392. The minimum absolute atomic E-state index is 0.570. The second-order valence-electron chi connectivity index (χ2n) is 3.37. The molecule has 0 saturated carbocycles. The summed E-state index contributed by atoms with van der Waals surface area (Å²) in [7, 11) is 0. The van der Waals surface area contributed by atoms with Crippen LogP contribution in [-0.4, -0.2) is 9.71 Å². The lowest BCUT2D eigenvalue weighted by Gasteiger charge is -2.06. The first-order chi connectivity index (χ1) is 7.38. The van der Waals surface area contributed by atoms with Crippen molar-refractivity contribution in [2.24, 2.45) is 0 Å². The maximum atomic E-state index is 5.46. The van der Waals surface area contributed by atoms with Crippen molar-refractivity contribution in [3.05, 3.63) is 54.1 Å². The number of rotatable bonds is 4. The largest absolute Gasteiger partial charge is 0.408 e. The Kier molecular flexibility index (Phi) is 3.02. The fraction of sp³-hybridized carbons (Fsp3) is 0.250. The van der Waals surface area contributed by atoms with Crippen molar-refractivity contribution in [1.82, 2.24) is 9.71 Å². The van der Waals surface area contributed by atoms with Gasteiger partial charge in [-0.15, -0.1) is 0 Å². The molecule has 0 spiro atoms. The van der Waals surface area contributed by atoms with E-state index in [4.69, 9.17) is 4.84 Å². The number of hydrogen-bond donors (Lipinski definition) is 0. The summed E-state index contributed by atoms with van der Waals surface area (Å²) in [6.45, 7) is 2.72. The fourth-order valence-corrected chi connectivity index (χ4v) is 1.34. The molecule has 2 aromatic rings. The van der Waals surface area contributed by atoms with Crippen LogP contribution in [0.15, 0.2) is 43.0 Å². The summed E-state index contributed by atoms with van der Waals surface area (Å²) in [6, 6.07) is 8.45. The SMILES string of the molecule is CCc1ccc(COn2ccnc2)cc1. The Hall–Kier alpha value is -1.77. The number of aromatic nitrogens is 2. The molecule has 0 N–H and O–H groups in total. The summed E-state index contributed by atoms with van der Waals surface area (Å²) in [5.41, 5.74) is 2.52. The molecule has 0 aliphatic rings. The van der Waals surface area contributed by atoms with Crippen LogP contribution in [0.5, 0.6) is 0 Å².